The van der Waals surface area contributed by atoms with E-state index in [0.29, 0.717) is 0 Å². The first-order valence-electron chi connectivity index (χ1n) is 6.14. The van der Waals surface area contributed by atoms with Gasteiger partial charge in [-0.05, 0) is 25.8 Å². The van der Waals surface area contributed by atoms with Gasteiger partial charge in [0.15, 0.2) is 0 Å². The summed E-state index contributed by atoms with van der Waals surface area (Å²) in [6, 6.07) is 9.19. The number of hydrogen-bond acceptors (Lipinski definition) is 3. The molecule has 0 spiro atoms. The van der Waals surface area contributed by atoms with Gasteiger partial charge >= 0.3 is 6.09 Å². The van der Waals surface area contributed by atoms with Gasteiger partial charge in [-0.25, -0.2) is 4.79 Å². The maximum absolute atomic E-state index is 11.5. The van der Waals surface area contributed by atoms with E-state index in [2.05, 4.69) is 5.32 Å². The molecule has 1 rings (SSSR count). The Labute approximate surface area is 108 Å². The van der Waals surface area contributed by atoms with Gasteiger partial charge in [0.05, 0.1) is 12.6 Å². The van der Waals surface area contributed by atoms with Gasteiger partial charge in [-0.2, -0.15) is 0 Å². The Morgan fingerprint density at radius 3 is 2.56 bits per heavy atom. The second-order valence-electron chi connectivity index (χ2n) is 4.81. The Morgan fingerprint density at radius 2 is 2.00 bits per heavy atom. The van der Waals surface area contributed by atoms with Gasteiger partial charge < -0.3 is 15.2 Å². The lowest BCUT2D eigenvalue weighted by Crippen LogP contribution is -2.36. The first-order valence-corrected chi connectivity index (χ1v) is 6.14. The zero-order chi connectivity index (χ0) is 13.6. The normalized spacial score (nSPS) is 12.9. The molecule has 0 unspecified atom stereocenters. The van der Waals surface area contributed by atoms with Gasteiger partial charge in [-0.1, -0.05) is 37.3 Å². The van der Waals surface area contributed by atoms with Crippen molar-refractivity contribution < 1.29 is 14.6 Å². The molecule has 0 saturated carbocycles. The molecule has 0 saturated heterocycles. The van der Waals surface area contributed by atoms with E-state index in [1.54, 1.807) is 0 Å². The topological polar surface area (TPSA) is 58.6 Å². The molecular weight excluding hydrogens is 230 g/mol. The molecule has 0 aliphatic heterocycles. The zero-order valence-electron chi connectivity index (χ0n) is 11.1. The summed E-state index contributed by atoms with van der Waals surface area (Å²) in [7, 11) is 0. The van der Waals surface area contributed by atoms with Gasteiger partial charge in [0.25, 0.3) is 0 Å². The SMILES string of the molecule is CCC(C)(C)OC(=O)NC[C@H](O)c1ccccc1. The number of carbonyl (C=O) groups excluding carboxylic acids is 1. The second-order valence-corrected chi connectivity index (χ2v) is 4.81. The number of alkyl carbamates (subject to hydrolysis) is 1. The molecule has 1 aromatic carbocycles. The molecule has 4 heteroatoms. The van der Waals surface area contributed by atoms with Crippen LogP contribution in [0, 0.1) is 0 Å². The van der Waals surface area contributed by atoms with Crippen molar-refractivity contribution in [3.05, 3.63) is 35.9 Å². The molecule has 0 radical (unpaired) electrons. The lowest BCUT2D eigenvalue weighted by atomic mass is 10.1. The van der Waals surface area contributed by atoms with E-state index in [4.69, 9.17) is 4.74 Å². The molecule has 1 atom stereocenters. The summed E-state index contributed by atoms with van der Waals surface area (Å²) < 4.78 is 5.21. The Kier molecular flexibility index (Phi) is 5.16. The molecule has 1 amide bonds. The fourth-order valence-electron chi connectivity index (χ4n) is 1.33. The number of rotatable bonds is 5. The zero-order valence-corrected chi connectivity index (χ0v) is 11.1. The second kappa shape index (κ2) is 6.40. The smallest absolute Gasteiger partial charge is 0.407 e. The summed E-state index contributed by atoms with van der Waals surface area (Å²) in [5.41, 5.74) is 0.287. The summed E-state index contributed by atoms with van der Waals surface area (Å²) in [5.74, 6) is 0. The third kappa shape index (κ3) is 4.75. The van der Waals surface area contributed by atoms with Gasteiger partial charge in [-0.15, -0.1) is 0 Å². The molecule has 0 bridgehead atoms. The van der Waals surface area contributed by atoms with Crippen LogP contribution in [0.25, 0.3) is 0 Å². The van der Waals surface area contributed by atoms with E-state index < -0.39 is 17.8 Å². The Hall–Kier alpha value is -1.55. The summed E-state index contributed by atoms with van der Waals surface area (Å²) in [6.45, 7) is 5.79. The number of aliphatic hydroxyl groups excluding tert-OH is 1. The number of carbonyl (C=O) groups is 1. The average Bonchev–Trinajstić information content (AvgIpc) is 2.36. The van der Waals surface area contributed by atoms with Crippen molar-refractivity contribution in [1.82, 2.24) is 5.32 Å². The highest BCUT2D eigenvalue weighted by Crippen LogP contribution is 2.14. The van der Waals surface area contributed by atoms with E-state index >= 15 is 0 Å². The van der Waals surface area contributed by atoms with Crippen molar-refractivity contribution in [2.75, 3.05) is 6.54 Å². The summed E-state index contributed by atoms with van der Waals surface area (Å²) in [6.07, 6.45) is -0.484. The third-order valence-electron chi connectivity index (χ3n) is 2.84. The number of amides is 1. The maximum Gasteiger partial charge on any atom is 0.407 e. The first-order chi connectivity index (χ1) is 8.44. The highest BCUT2D eigenvalue weighted by Gasteiger charge is 2.20. The fourth-order valence-corrected chi connectivity index (χ4v) is 1.33. The van der Waals surface area contributed by atoms with Crippen molar-refractivity contribution in [3.8, 4) is 0 Å². The monoisotopic (exact) mass is 251 g/mol. The van der Waals surface area contributed by atoms with E-state index in [0.717, 1.165) is 12.0 Å². The molecule has 2 N–H and O–H groups in total. The van der Waals surface area contributed by atoms with Crippen molar-refractivity contribution in [2.45, 2.75) is 38.9 Å². The van der Waals surface area contributed by atoms with Gasteiger partial charge in [0.2, 0.25) is 0 Å². The Bertz CT molecular complexity index is 376. The summed E-state index contributed by atoms with van der Waals surface area (Å²) in [5, 5.41) is 12.4. The highest BCUT2D eigenvalue weighted by atomic mass is 16.6. The van der Waals surface area contributed by atoms with E-state index in [1.165, 1.54) is 0 Å². The third-order valence-corrected chi connectivity index (χ3v) is 2.84. The van der Waals surface area contributed by atoms with Crippen LogP contribution >= 0.6 is 0 Å². The first kappa shape index (κ1) is 14.5. The van der Waals surface area contributed by atoms with Crippen LogP contribution in [0.4, 0.5) is 4.79 Å². The number of nitrogens with one attached hydrogen (secondary N) is 1. The van der Waals surface area contributed by atoms with E-state index in [9.17, 15) is 9.90 Å². The maximum atomic E-state index is 11.5. The predicted octanol–water partition coefficient (Wildman–Crippen LogP) is 2.63. The summed E-state index contributed by atoms with van der Waals surface area (Å²) in [4.78, 5) is 11.5. The van der Waals surface area contributed by atoms with Crippen LogP contribution in [0.2, 0.25) is 0 Å². The Balaban J connectivity index is 2.39. The van der Waals surface area contributed by atoms with Gasteiger partial charge in [0, 0.05) is 0 Å². The molecular formula is C14H21NO3. The minimum atomic E-state index is -0.719. The van der Waals surface area contributed by atoms with Crippen LogP contribution in [-0.4, -0.2) is 23.3 Å². The van der Waals surface area contributed by atoms with Crippen LogP contribution < -0.4 is 5.32 Å². The number of ether oxygens (including phenoxy) is 1. The minimum Gasteiger partial charge on any atom is -0.444 e. The van der Waals surface area contributed by atoms with E-state index in [1.807, 2.05) is 51.1 Å². The van der Waals surface area contributed by atoms with E-state index in [-0.39, 0.29) is 6.54 Å². The molecule has 0 aliphatic rings. The highest BCUT2D eigenvalue weighted by molar-refractivity contribution is 5.67. The van der Waals surface area contributed by atoms with Crippen LogP contribution in [0.3, 0.4) is 0 Å². The van der Waals surface area contributed by atoms with Crippen LogP contribution in [0.1, 0.15) is 38.9 Å². The fraction of sp³-hybridized carbons (Fsp3) is 0.500. The number of hydrogen-bond donors (Lipinski definition) is 2. The van der Waals surface area contributed by atoms with Gasteiger partial charge in [-0.3, -0.25) is 0 Å². The molecule has 0 aromatic heterocycles. The average molecular weight is 251 g/mol. The molecule has 0 fully saturated rings. The molecule has 1 aromatic rings. The van der Waals surface area contributed by atoms with Crippen molar-refractivity contribution in [2.24, 2.45) is 0 Å². The van der Waals surface area contributed by atoms with Crippen LogP contribution in [0.15, 0.2) is 30.3 Å². The van der Waals surface area contributed by atoms with Gasteiger partial charge in [0.1, 0.15) is 5.60 Å². The molecule has 18 heavy (non-hydrogen) atoms. The lowest BCUT2D eigenvalue weighted by Gasteiger charge is -2.23. The largest absolute Gasteiger partial charge is 0.444 e. The van der Waals surface area contributed by atoms with Crippen LogP contribution in [0.5, 0.6) is 0 Å². The lowest BCUT2D eigenvalue weighted by molar-refractivity contribution is 0.0335. The van der Waals surface area contributed by atoms with Crippen molar-refractivity contribution in [1.29, 1.82) is 0 Å². The predicted molar refractivity (Wildman–Crippen MR) is 70.3 cm³/mol. The number of aliphatic hydroxyl groups is 1. The molecule has 100 valence electrons. The van der Waals surface area contributed by atoms with Crippen molar-refractivity contribution in [3.63, 3.8) is 0 Å². The van der Waals surface area contributed by atoms with Crippen molar-refractivity contribution >= 4 is 6.09 Å². The summed E-state index contributed by atoms with van der Waals surface area (Å²) >= 11 is 0. The molecule has 0 aliphatic carbocycles. The van der Waals surface area contributed by atoms with Crippen LogP contribution in [-0.2, 0) is 4.74 Å². The standard InChI is InChI=1S/C14H21NO3/c1-4-14(2,3)18-13(17)15-10-12(16)11-8-6-5-7-9-11/h5-9,12,16H,4,10H2,1-3H3,(H,15,17)/t12-/m0/s1. The number of benzene rings is 1. The molecule has 4 nitrogen and oxygen atoms in total. The quantitative estimate of drug-likeness (QED) is 0.845. The molecule has 0 heterocycles. The minimum absolute atomic E-state index is 0.142. The Morgan fingerprint density at radius 1 is 1.39 bits per heavy atom.